The van der Waals surface area contributed by atoms with E-state index in [-0.39, 0.29) is 28.8 Å². The minimum atomic E-state index is -5.51. The molecule has 12 nitrogen and oxygen atoms in total. The fourth-order valence-electron chi connectivity index (χ4n) is 4.81. The van der Waals surface area contributed by atoms with Gasteiger partial charge in [-0.15, -0.1) is 0 Å². The molecule has 0 fully saturated rings. The summed E-state index contributed by atoms with van der Waals surface area (Å²) in [6, 6.07) is 9.41. The van der Waals surface area contributed by atoms with Crippen LogP contribution in [0.1, 0.15) is 21.5 Å². The van der Waals surface area contributed by atoms with Gasteiger partial charge in [0.15, 0.2) is 11.4 Å². The summed E-state index contributed by atoms with van der Waals surface area (Å²) in [7, 11) is 0. The quantitative estimate of drug-likeness (QED) is 0.0970. The monoisotopic (exact) mass is 684 g/mol. The van der Waals surface area contributed by atoms with Crippen molar-refractivity contribution in [2.45, 2.75) is 25.7 Å². The average Bonchev–Trinajstić information content (AvgIpc) is 3.07. The number of rotatable bonds is 10. The van der Waals surface area contributed by atoms with Gasteiger partial charge >= 0.3 is 12.1 Å². The lowest BCUT2D eigenvalue weighted by atomic mass is 9.97. The molecule has 1 amide bonds. The molecule has 4 N–H and O–H groups in total. The molecule has 0 aliphatic heterocycles. The van der Waals surface area contributed by atoms with E-state index in [1.165, 1.54) is 25.4 Å². The number of anilines is 1. The number of para-hydroxylation sites is 1. The molecule has 0 aliphatic rings. The van der Waals surface area contributed by atoms with Crippen LogP contribution >= 0.6 is 0 Å². The number of aliphatic hydroxyl groups excluding tert-OH is 2. The number of aryl methyl sites for hydroxylation is 1. The number of amides is 1. The fraction of sp³-hybridized carbons (Fsp3) is 0.188. The van der Waals surface area contributed by atoms with Gasteiger partial charge in [0, 0.05) is 36.0 Å². The SMILES string of the molecule is Cc1ccc(C(=O)NCc2cccnc2)c(OC(=O)C(F)(F)F)c1-c1nc(NC(CO)CO)nc2c1ccc(=O)n2-c1c(F)cccc1F. The zero-order chi connectivity index (χ0) is 35.5. The Labute approximate surface area is 272 Å². The number of aliphatic hydroxyl groups is 2. The second kappa shape index (κ2) is 14.1. The maximum Gasteiger partial charge on any atom is 0.491 e. The molecule has 49 heavy (non-hydrogen) atoms. The van der Waals surface area contributed by atoms with E-state index in [9.17, 15) is 37.8 Å². The van der Waals surface area contributed by atoms with Crippen LogP contribution in [0.5, 0.6) is 5.75 Å². The van der Waals surface area contributed by atoms with E-state index < -0.39 is 83.1 Å². The zero-order valence-electron chi connectivity index (χ0n) is 25.3. The number of pyridine rings is 2. The van der Waals surface area contributed by atoms with Crippen LogP contribution in [0.25, 0.3) is 28.0 Å². The first kappa shape index (κ1) is 34.5. The molecule has 0 bridgehead atoms. The third-order valence-corrected chi connectivity index (χ3v) is 7.13. The summed E-state index contributed by atoms with van der Waals surface area (Å²) >= 11 is 0. The number of esters is 1. The van der Waals surface area contributed by atoms with Crippen molar-refractivity contribution in [3.8, 4) is 22.7 Å². The molecule has 0 atom stereocenters. The number of halogens is 5. The van der Waals surface area contributed by atoms with Crippen molar-refractivity contribution in [2.75, 3.05) is 18.5 Å². The van der Waals surface area contributed by atoms with Gasteiger partial charge in [-0.1, -0.05) is 18.2 Å². The Morgan fingerprint density at radius 2 is 1.69 bits per heavy atom. The smallest absolute Gasteiger partial charge is 0.418 e. The van der Waals surface area contributed by atoms with Gasteiger partial charge in [0.25, 0.3) is 11.5 Å². The summed E-state index contributed by atoms with van der Waals surface area (Å²) in [4.78, 5) is 51.4. The Morgan fingerprint density at radius 3 is 2.33 bits per heavy atom. The number of hydrogen-bond acceptors (Lipinski definition) is 10. The topological polar surface area (TPSA) is 169 Å². The van der Waals surface area contributed by atoms with Crippen molar-refractivity contribution >= 4 is 28.9 Å². The van der Waals surface area contributed by atoms with E-state index in [1.54, 1.807) is 12.1 Å². The lowest BCUT2D eigenvalue weighted by molar-refractivity contribution is -0.189. The number of nitrogens with zero attached hydrogens (tertiary/aromatic N) is 4. The molecule has 5 aromatic rings. The van der Waals surface area contributed by atoms with E-state index in [4.69, 9.17) is 4.74 Å². The number of hydrogen-bond donors (Lipinski definition) is 4. The highest BCUT2D eigenvalue weighted by molar-refractivity contribution is 6.03. The van der Waals surface area contributed by atoms with Crippen molar-refractivity contribution in [2.24, 2.45) is 0 Å². The predicted molar refractivity (Wildman–Crippen MR) is 164 cm³/mol. The molecule has 254 valence electrons. The molecule has 5 rings (SSSR count). The van der Waals surface area contributed by atoms with Crippen LogP contribution in [0.2, 0.25) is 0 Å². The van der Waals surface area contributed by atoms with Crippen LogP contribution in [0, 0.1) is 18.6 Å². The van der Waals surface area contributed by atoms with Crippen molar-refractivity contribution in [1.29, 1.82) is 0 Å². The van der Waals surface area contributed by atoms with Crippen LogP contribution in [0.3, 0.4) is 0 Å². The number of nitrogens with one attached hydrogen (secondary N) is 2. The van der Waals surface area contributed by atoms with Crippen molar-refractivity contribution in [3.05, 3.63) is 106 Å². The molecule has 0 unspecified atom stereocenters. The van der Waals surface area contributed by atoms with Gasteiger partial charge in [-0.3, -0.25) is 19.1 Å². The second-order valence-electron chi connectivity index (χ2n) is 10.5. The van der Waals surface area contributed by atoms with Crippen LogP contribution in [0.15, 0.2) is 71.8 Å². The normalized spacial score (nSPS) is 11.5. The summed E-state index contributed by atoms with van der Waals surface area (Å²) in [6.07, 6.45) is -2.58. The molecule has 2 aromatic carbocycles. The highest BCUT2D eigenvalue weighted by Gasteiger charge is 2.42. The summed E-state index contributed by atoms with van der Waals surface area (Å²) in [5.41, 5.74) is -2.89. The number of ether oxygens (including phenoxy) is 1. The molecular formula is C32H25F5N6O6. The maximum absolute atomic E-state index is 15.1. The number of benzene rings is 2. The number of aromatic nitrogens is 4. The molecule has 0 radical (unpaired) electrons. The average molecular weight is 685 g/mol. The number of carbonyl (C=O) groups is 2. The molecule has 3 heterocycles. The summed E-state index contributed by atoms with van der Waals surface area (Å²) in [5, 5.41) is 24.3. The summed E-state index contributed by atoms with van der Waals surface area (Å²) < 4.78 is 76.3. The van der Waals surface area contributed by atoms with E-state index in [0.29, 0.717) is 10.1 Å². The standard InChI is InChI=1S/C32H25F5N6O6/c1-16-7-8-20(29(47)39-13-17-4-3-11-38-12-17)27(49-30(48)32(35,36)37)24(16)25-19-9-10-23(46)43(26-21(33)5-2-6-22(26)34)28(19)42-31(41-25)40-18(14-44)15-45/h2-12,18,44-45H,13-15H2,1H3,(H,39,47)(H,40,41,42). The summed E-state index contributed by atoms with van der Waals surface area (Å²) in [6.45, 7) is -0.0552. The van der Waals surface area contributed by atoms with E-state index >= 15 is 8.78 Å². The van der Waals surface area contributed by atoms with Gasteiger partial charge in [-0.2, -0.15) is 18.2 Å². The van der Waals surface area contributed by atoms with Gasteiger partial charge in [0.05, 0.1) is 30.5 Å². The molecule has 3 aromatic heterocycles. The number of fused-ring (bicyclic) bond motifs is 1. The molecule has 0 saturated heterocycles. The van der Waals surface area contributed by atoms with E-state index in [1.807, 2.05) is 0 Å². The Hall–Kier alpha value is -5.81. The van der Waals surface area contributed by atoms with E-state index in [2.05, 4.69) is 25.6 Å². The Kier molecular flexibility index (Phi) is 9.95. The fourth-order valence-corrected chi connectivity index (χ4v) is 4.81. The summed E-state index contributed by atoms with van der Waals surface area (Å²) in [5.74, 6) is -7.33. The van der Waals surface area contributed by atoms with Gasteiger partial charge in [-0.05, 0) is 48.4 Å². The minimum absolute atomic E-state index is 0.107. The Morgan fingerprint density at radius 1 is 0.980 bits per heavy atom. The Balaban J connectivity index is 1.83. The van der Waals surface area contributed by atoms with Gasteiger partial charge in [-0.25, -0.2) is 18.6 Å². The lowest BCUT2D eigenvalue weighted by Gasteiger charge is -2.21. The highest BCUT2D eigenvalue weighted by atomic mass is 19.4. The lowest BCUT2D eigenvalue weighted by Crippen LogP contribution is -2.30. The minimum Gasteiger partial charge on any atom is -0.418 e. The number of alkyl halides is 3. The first-order valence-electron chi connectivity index (χ1n) is 14.3. The second-order valence-corrected chi connectivity index (χ2v) is 10.5. The molecule has 17 heteroatoms. The molecule has 0 saturated carbocycles. The predicted octanol–water partition coefficient (Wildman–Crippen LogP) is 3.59. The van der Waals surface area contributed by atoms with Crippen LogP contribution in [-0.2, 0) is 11.3 Å². The third-order valence-electron chi connectivity index (χ3n) is 7.13. The Bertz CT molecular complexity index is 2090. The first-order valence-corrected chi connectivity index (χ1v) is 14.3. The van der Waals surface area contributed by atoms with Gasteiger partial charge < -0.3 is 25.6 Å². The maximum atomic E-state index is 15.1. The first-order chi connectivity index (χ1) is 23.3. The highest BCUT2D eigenvalue weighted by Crippen LogP contribution is 2.40. The molecular weight excluding hydrogens is 659 g/mol. The van der Waals surface area contributed by atoms with Crippen molar-refractivity contribution in [1.82, 2.24) is 24.8 Å². The van der Waals surface area contributed by atoms with Gasteiger partial charge in [0.1, 0.15) is 17.3 Å². The largest absolute Gasteiger partial charge is 0.491 e. The van der Waals surface area contributed by atoms with Crippen molar-refractivity contribution < 1.29 is 46.5 Å². The number of carbonyl (C=O) groups excluding carboxylic acids is 2. The van der Waals surface area contributed by atoms with Crippen LogP contribution in [-0.4, -0.2) is 67.0 Å². The van der Waals surface area contributed by atoms with Crippen LogP contribution < -0.4 is 20.9 Å². The van der Waals surface area contributed by atoms with Crippen molar-refractivity contribution in [3.63, 3.8) is 0 Å². The zero-order valence-corrected chi connectivity index (χ0v) is 25.3. The third kappa shape index (κ3) is 7.21. The van der Waals surface area contributed by atoms with Gasteiger partial charge in [0.2, 0.25) is 5.95 Å². The van der Waals surface area contributed by atoms with E-state index in [0.717, 1.165) is 36.4 Å². The van der Waals surface area contributed by atoms with Crippen LogP contribution in [0.4, 0.5) is 27.9 Å². The molecule has 0 spiro atoms. The molecule has 0 aliphatic carbocycles.